The van der Waals surface area contributed by atoms with Crippen molar-refractivity contribution >= 4 is 34.4 Å². The molecule has 0 radical (unpaired) electrons. The maximum atomic E-state index is 15.2. The highest BCUT2D eigenvalue weighted by molar-refractivity contribution is 7.76. The van der Waals surface area contributed by atoms with E-state index in [2.05, 4.69) is 59.7 Å². The van der Waals surface area contributed by atoms with Gasteiger partial charge in [-0.05, 0) is 57.8 Å². The molecular weight excluding hydrogens is 545 g/mol. The van der Waals surface area contributed by atoms with Crippen LogP contribution < -0.4 is 15.7 Å². The number of hydrogen-bond donors (Lipinski definition) is 1. The van der Waals surface area contributed by atoms with Crippen molar-refractivity contribution in [3.05, 3.63) is 168 Å². The van der Waals surface area contributed by atoms with Gasteiger partial charge in [0, 0.05) is 21.7 Å². The van der Waals surface area contributed by atoms with Crippen LogP contribution in [0.2, 0.25) is 0 Å². The highest BCUT2D eigenvalue weighted by atomic mass is 31.2. The molecule has 0 bridgehead atoms. The molecule has 2 atom stereocenters. The van der Waals surface area contributed by atoms with Crippen LogP contribution in [0.25, 0.3) is 21.9 Å². The Morgan fingerprint density at radius 1 is 0.581 bits per heavy atom. The zero-order valence-electron chi connectivity index (χ0n) is 23.3. The average molecular weight is 574 g/mol. The Morgan fingerprint density at radius 2 is 1.07 bits per heavy atom. The molecule has 0 aliphatic heterocycles. The molecule has 7 rings (SSSR count). The van der Waals surface area contributed by atoms with E-state index in [1.54, 1.807) is 0 Å². The van der Waals surface area contributed by atoms with E-state index in [1.165, 1.54) is 0 Å². The molecule has 1 N–H and O–H groups in total. The second-order valence-electron chi connectivity index (χ2n) is 10.6. The maximum absolute atomic E-state index is 15.2. The number of hydrogen-bond acceptors (Lipinski definition) is 3. The summed E-state index contributed by atoms with van der Waals surface area (Å²) in [7, 11) is -3.42. The van der Waals surface area contributed by atoms with Crippen LogP contribution in [-0.2, 0) is 4.57 Å². The molecule has 6 aromatic carbocycles. The zero-order valence-corrected chi connectivity index (χ0v) is 24.2. The minimum atomic E-state index is -3.42. The highest BCUT2D eigenvalue weighted by Crippen LogP contribution is 2.44. The second-order valence-corrected chi connectivity index (χ2v) is 13.1. The standard InChI is InChI=1S/C38H28N3OP/c39-26-36(40-38-34-21-11-9-19-32(34)33-20-10-12-22-35(33)38)37(29-24-23-27-13-7-8-14-28(27)25-29)41-43(42,30-15-3-1-4-16-30)31-17-5-2-6-18-31/h1-25,36-37H,(H,41,42)/t36-,37-/m1/s1. The Bertz CT molecular complexity index is 1970. The first-order chi connectivity index (χ1) is 21.2. The van der Waals surface area contributed by atoms with Gasteiger partial charge in [-0.1, -0.05) is 121 Å². The van der Waals surface area contributed by atoms with Gasteiger partial charge in [0.15, 0.2) is 6.04 Å². The van der Waals surface area contributed by atoms with Gasteiger partial charge >= 0.3 is 0 Å². The molecule has 0 amide bonds. The zero-order chi connectivity index (χ0) is 29.2. The molecule has 0 saturated carbocycles. The Kier molecular flexibility index (Phi) is 7.05. The molecule has 6 aromatic rings. The van der Waals surface area contributed by atoms with Crippen LogP contribution in [0.15, 0.2) is 157 Å². The number of nitrogens with one attached hydrogen (secondary N) is 1. The van der Waals surface area contributed by atoms with Gasteiger partial charge < -0.3 is 0 Å². The molecule has 43 heavy (non-hydrogen) atoms. The molecule has 4 nitrogen and oxygen atoms in total. The van der Waals surface area contributed by atoms with Crippen molar-refractivity contribution in [1.82, 2.24) is 5.09 Å². The Hall–Kier alpha value is -5.07. The fourth-order valence-corrected chi connectivity index (χ4v) is 8.41. The van der Waals surface area contributed by atoms with Gasteiger partial charge in [-0.3, -0.25) is 9.56 Å². The summed E-state index contributed by atoms with van der Waals surface area (Å²) in [6.07, 6.45) is 0. The van der Waals surface area contributed by atoms with Crippen LogP contribution >= 0.6 is 7.29 Å². The van der Waals surface area contributed by atoms with Crippen molar-refractivity contribution in [2.24, 2.45) is 4.99 Å². The number of rotatable bonds is 7. The minimum Gasteiger partial charge on any atom is -0.297 e. The molecule has 0 spiro atoms. The van der Waals surface area contributed by atoms with Gasteiger partial charge in [-0.15, -0.1) is 0 Å². The first-order valence-electron chi connectivity index (χ1n) is 14.3. The number of nitrogens with zero attached hydrogens (tertiary/aromatic N) is 2. The summed E-state index contributed by atoms with van der Waals surface area (Å²) in [5.41, 5.74) is 5.82. The summed E-state index contributed by atoms with van der Waals surface area (Å²) in [6, 6.07) is 50.5. The maximum Gasteiger partial charge on any atom is 0.205 e. The lowest BCUT2D eigenvalue weighted by atomic mass is 9.97. The van der Waals surface area contributed by atoms with Crippen LogP contribution in [0.3, 0.4) is 0 Å². The summed E-state index contributed by atoms with van der Waals surface area (Å²) < 4.78 is 15.2. The number of fused-ring (bicyclic) bond motifs is 4. The summed E-state index contributed by atoms with van der Waals surface area (Å²) in [5.74, 6) is 0. The molecule has 0 heterocycles. The quantitative estimate of drug-likeness (QED) is 0.198. The van der Waals surface area contributed by atoms with E-state index >= 15 is 4.57 Å². The van der Waals surface area contributed by atoms with Crippen LogP contribution in [0.5, 0.6) is 0 Å². The van der Waals surface area contributed by atoms with Crippen LogP contribution in [0, 0.1) is 11.3 Å². The summed E-state index contributed by atoms with van der Waals surface area (Å²) in [5, 5.41) is 17.8. The van der Waals surface area contributed by atoms with E-state index in [0.29, 0.717) is 10.6 Å². The van der Waals surface area contributed by atoms with E-state index in [1.807, 2.05) is 103 Å². The van der Waals surface area contributed by atoms with Gasteiger partial charge in [0.05, 0.1) is 17.8 Å². The molecule has 0 aromatic heterocycles. The third kappa shape index (κ3) is 4.90. The fourth-order valence-electron chi connectivity index (χ4n) is 5.95. The topological polar surface area (TPSA) is 65.2 Å². The van der Waals surface area contributed by atoms with E-state index < -0.39 is 19.4 Å². The lowest BCUT2D eigenvalue weighted by Crippen LogP contribution is -2.35. The summed E-state index contributed by atoms with van der Waals surface area (Å²) >= 11 is 0. The van der Waals surface area contributed by atoms with E-state index in [-0.39, 0.29) is 0 Å². The molecule has 1 aliphatic rings. The van der Waals surface area contributed by atoms with Gasteiger partial charge in [0.25, 0.3) is 0 Å². The first-order valence-corrected chi connectivity index (χ1v) is 16.0. The molecule has 0 saturated heterocycles. The van der Waals surface area contributed by atoms with Gasteiger partial charge in [-0.2, -0.15) is 5.26 Å². The second kappa shape index (κ2) is 11.3. The SMILES string of the molecule is N#C[C@@H](N=C1c2ccccc2-c2ccccc21)[C@H](NP(=O)(c1ccccc1)c1ccccc1)c1ccc2ccccc2c1. The van der Waals surface area contributed by atoms with Crippen LogP contribution in [-0.4, -0.2) is 11.8 Å². The van der Waals surface area contributed by atoms with Gasteiger partial charge in [-0.25, -0.2) is 5.09 Å². The molecular formula is C38H28N3OP. The fraction of sp³-hybridized carbons (Fsp3) is 0.0526. The predicted octanol–water partition coefficient (Wildman–Crippen LogP) is 7.81. The first kappa shape index (κ1) is 26.8. The van der Waals surface area contributed by atoms with Crippen LogP contribution in [0.4, 0.5) is 0 Å². The molecule has 0 unspecified atom stereocenters. The third-order valence-electron chi connectivity index (χ3n) is 8.06. The highest BCUT2D eigenvalue weighted by Gasteiger charge is 2.36. The third-order valence-corrected chi connectivity index (χ3v) is 10.8. The van der Waals surface area contributed by atoms with Crippen LogP contribution in [0.1, 0.15) is 22.7 Å². The van der Waals surface area contributed by atoms with Crippen molar-refractivity contribution in [3.63, 3.8) is 0 Å². The van der Waals surface area contributed by atoms with E-state index in [0.717, 1.165) is 44.3 Å². The Balaban J connectivity index is 1.42. The Morgan fingerprint density at radius 3 is 1.63 bits per heavy atom. The van der Waals surface area contributed by atoms with Gasteiger partial charge in [0.1, 0.15) is 0 Å². The largest absolute Gasteiger partial charge is 0.297 e. The van der Waals surface area contributed by atoms with E-state index in [4.69, 9.17) is 4.99 Å². The van der Waals surface area contributed by atoms with Crippen molar-refractivity contribution in [3.8, 4) is 17.2 Å². The van der Waals surface area contributed by atoms with Crippen molar-refractivity contribution in [1.29, 1.82) is 5.26 Å². The van der Waals surface area contributed by atoms with E-state index in [9.17, 15) is 5.26 Å². The molecule has 5 heteroatoms. The lowest BCUT2D eigenvalue weighted by Gasteiger charge is -2.29. The monoisotopic (exact) mass is 573 g/mol. The molecule has 206 valence electrons. The normalized spacial score (nSPS) is 13.5. The van der Waals surface area contributed by atoms with Crippen molar-refractivity contribution < 1.29 is 4.57 Å². The lowest BCUT2D eigenvalue weighted by molar-refractivity contribution is 0.545. The summed E-state index contributed by atoms with van der Waals surface area (Å²) in [6.45, 7) is 0. The number of nitriles is 1. The van der Waals surface area contributed by atoms with Crippen molar-refractivity contribution in [2.75, 3.05) is 0 Å². The minimum absolute atomic E-state index is 0.673. The van der Waals surface area contributed by atoms with Gasteiger partial charge in [0.2, 0.25) is 7.29 Å². The Labute approximate surface area is 251 Å². The number of benzene rings is 6. The summed E-state index contributed by atoms with van der Waals surface area (Å²) in [4.78, 5) is 5.18. The molecule has 1 aliphatic carbocycles. The predicted molar refractivity (Wildman–Crippen MR) is 177 cm³/mol. The number of aliphatic imine (C=N–C) groups is 1. The average Bonchev–Trinajstić information content (AvgIpc) is 3.40. The smallest absolute Gasteiger partial charge is 0.205 e. The van der Waals surface area contributed by atoms with Crippen molar-refractivity contribution in [2.45, 2.75) is 12.1 Å². The molecule has 0 fully saturated rings.